The fourth-order valence-electron chi connectivity index (χ4n) is 7.48. The first kappa shape index (κ1) is 27.0. The van der Waals surface area contributed by atoms with Crippen molar-refractivity contribution in [1.82, 2.24) is 9.97 Å². The lowest BCUT2D eigenvalue weighted by Crippen LogP contribution is -2.02. The smallest absolute Gasteiger partial charge is 0.160 e. The molecule has 0 fully saturated rings. The van der Waals surface area contributed by atoms with Crippen LogP contribution < -0.4 is 0 Å². The summed E-state index contributed by atoms with van der Waals surface area (Å²) in [6.45, 7) is 0. The number of hydrogen-bond acceptors (Lipinski definition) is 2. The molecule has 0 unspecified atom stereocenters. The third-order valence-corrected chi connectivity index (χ3v) is 9.90. The number of fused-ring (bicyclic) bond motifs is 6. The quantitative estimate of drug-likeness (QED) is 0.203. The van der Waals surface area contributed by atoms with Crippen molar-refractivity contribution in [3.05, 3.63) is 155 Å². The summed E-state index contributed by atoms with van der Waals surface area (Å²) in [5.41, 5.74) is 16.2. The van der Waals surface area contributed by atoms with Crippen molar-refractivity contribution >= 4 is 34.1 Å². The molecule has 0 spiro atoms. The standard InChI is InChI=1S/C44H34N2/c1-2-11-32(12-3-1)42-28-43(33-21-17-30(18-22-33)29-9-4-5-10-29)46-44(45-42)34-23-19-31(20-24-34)35-25-26-40-37-14-7-6-13-36(37)38-15-8-16-39(38)41(40)27-35/h1-2,4,7-11,14,16-28H,3,5-6,12-13,15H2. The lowest BCUT2D eigenvalue weighted by atomic mass is 9.84. The van der Waals surface area contributed by atoms with E-state index in [2.05, 4.69) is 134 Å². The first-order chi connectivity index (χ1) is 22.8. The fraction of sp³-hybridized carbons (Fsp3) is 0.136. The molecule has 4 aliphatic rings. The Morgan fingerprint density at radius 3 is 2.09 bits per heavy atom. The Morgan fingerprint density at radius 2 is 1.26 bits per heavy atom. The van der Waals surface area contributed by atoms with Crippen LogP contribution in [-0.4, -0.2) is 9.97 Å². The van der Waals surface area contributed by atoms with Gasteiger partial charge in [-0.1, -0.05) is 121 Å². The first-order valence-electron chi connectivity index (χ1n) is 16.6. The maximum atomic E-state index is 5.12. The van der Waals surface area contributed by atoms with Crippen molar-refractivity contribution in [2.75, 3.05) is 0 Å². The van der Waals surface area contributed by atoms with Gasteiger partial charge in [0.05, 0.1) is 11.4 Å². The molecule has 1 aromatic heterocycles. The molecule has 0 radical (unpaired) electrons. The molecule has 2 heteroatoms. The number of hydrogen-bond donors (Lipinski definition) is 0. The van der Waals surface area contributed by atoms with E-state index < -0.39 is 0 Å². The summed E-state index contributed by atoms with van der Waals surface area (Å²) in [7, 11) is 0. The number of benzene rings is 4. The molecule has 0 aliphatic heterocycles. The van der Waals surface area contributed by atoms with E-state index in [0.717, 1.165) is 66.9 Å². The van der Waals surface area contributed by atoms with Gasteiger partial charge in [-0.25, -0.2) is 9.97 Å². The molecule has 0 saturated carbocycles. The summed E-state index contributed by atoms with van der Waals surface area (Å²) in [6.07, 6.45) is 29.0. The van der Waals surface area contributed by atoms with Gasteiger partial charge in [-0.2, -0.15) is 0 Å². The Morgan fingerprint density at radius 1 is 0.522 bits per heavy atom. The molecule has 9 rings (SSSR count). The minimum Gasteiger partial charge on any atom is -0.228 e. The second-order valence-electron chi connectivity index (χ2n) is 12.7. The highest BCUT2D eigenvalue weighted by atomic mass is 14.9. The van der Waals surface area contributed by atoms with Gasteiger partial charge in [-0.05, 0) is 112 Å². The second-order valence-corrected chi connectivity index (χ2v) is 12.7. The minimum atomic E-state index is 0.764. The van der Waals surface area contributed by atoms with E-state index >= 15 is 0 Å². The molecular formula is C44H34N2. The molecule has 5 aromatic rings. The maximum absolute atomic E-state index is 5.12. The van der Waals surface area contributed by atoms with Crippen molar-refractivity contribution in [3.63, 3.8) is 0 Å². The Bertz CT molecular complexity index is 2220. The predicted octanol–water partition coefficient (Wildman–Crippen LogP) is 11.2. The van der Waals surface area contributed by atoms with E-state index in [1.54, 1.807) is 5.56 Å². The summed E-state index contributed by atoms with van der Waals surface area (Å²) in [6, 6.07) is 26.8. The third-order valence-electron chi connectivity index (χ3n) is 9.90. The molecule has 0 bridgehead atoms. The van der Waals surface area contributed by atoms with E-state index in [9.17, 15) is 0 Å². The third kappa shape index (κ3) is 4.73. The summed E-state index contributed by atoms with van der Waals surface area (Å²) in [4.78, 5) is 10.2. The van der Waals surface area contributed by atoms with E-state index in [4.69, 9.17) is 9.97 Å². The van der Waals surface area contributed by atoms with Gasteiger partial charge in [0, 0.05) is 11.1 Å². The first-order valence-corrected chi connectivity index (χ1v) is 16.6. The van der Waals surface area contributed by atoms with E-state index in [-0.39, 0.29) is 0 Å². The van der Waals surface area contributed by atoms with Crippen LogP contribution in [0, 0.1) is 0 Å². The highest BCUT2D eigenvalue weighted by Crippen LogP contribution is 2.40. The molecule has 2 nitrogen and oxygen atoms in total. The van der Waals surface area contributed by atoms with E-state index in [1.165, 1.54) is 55.3 Å². The molecule has 1 heterocycles. The summed E-state index contributed by atoms with van der Waals surface area (Å²) >= 11 is 0. The van der Waals surface area contributed by atoms with Crippen LogP contribution in [0.25, 0.3) is 67.8 Å². The number of nitrogens with zero attached hydrogens (tertiary/aromatic N) is 2. The predicted molar refractivity (Wildman–Crippen MR) is 194 cm³/mol. The minimum absolute atomic E-state index is 0.764. The Balaban J connectivity index is 1.09. The van der Waals surface area contributed by atoms with Crippen LogP contribution in [0.4, 0.5) is 0 Å². The normalized spacial score (nSPS) is 16.1. The SMILES string of the molecule is C1=CCCC(c2cc(-c3ccc(C4=CCC=C4)cc3)nc(-c3ccc(-c4ccc5c6c(c7c(c5c4)C=CC7)CCC=C6)cc3)n2)=C1. The topological polar surface area (TPSA) is 25.8 Å². The summed E-state index contributed by atoms with van der Waals surface area (Å²) in [5.74, 6) is 0.764. The number of allylic oxidation sites excluding steroid dienone is 10. The van der Waals surface area contributed by atoms with Gasteiger partial charge in [0.2, 0.25) is 0 Å². The fourth-order valence-corrected chi connectivity index (χ4v) is 7.48. The molecule has 0 N–H and O–H groups in total. The maximum Gasteiger partial charge on any atom is 0.160 e. The van der Waals surface area contributed by atoms with Gasteiger partial charge in [0.25, 0.3) is 0 Å². The van der Waals surface area contributed by atoms with Gasteiger partial charge in [0.1, 0.15) is 0 Å². The van der Waals surface area contributed by atoms with E-state index in [1.807, 2.05) is 0 Å². The van der Waals surface area contributed by atoms with Crippen LogP contribution in [0.5, 0.6) is 0 Å². The van der Waals surface area contributed by atoms with Crippen molar-refractivity contribution < 1.29 is 0 Å². The summed E-state index contributed by atoms with van der Waals surface area (Å²) < 4.78 is 0. The monoisotopic (exact) mass is 590 g/mol. The van der Waals surface area contributed by atoms with Gasteiger partial charge in [-0.15, -0.1) is 0 Å². The zero-order chi connectivity index (χ0) is 30.5. The van der Waals surface area contributed by atoms with Crippen molar-refractivity contribution in [2.24, 2.45) is 0 Å². The van der Waals surface area contributed by atoms with Crippen LogP contribution in [0.3, 0.4) is 0 Å². The van der Waals surface area contributed by atoms with Gasteiger partial charge >= 0.3 is 0 Å². The molecule has 0 atom stereocenters. The van der Waals surface area contributed by atoms with Crippen LogP contribution >= 0.6 is 0 Å². The highest BCUT2D eigenvalue weighted by Gasteiger charge is 2.21. The average molecular weight is 591 g/mol. The zero-order valence-electron chi connectivity index (χ0n) is 25.8. The average Bonchev–Trinajstić information content (AvgIpc) is 3.86. The van der Waals surface area contributed by atoms with Crippen LogP contribution in [0.1, 0.15) is 59.2 Å². The molecule has 0 saturated heterocycles. The lowest BCUT2D eigenvalue weighted by molar-refractivity contribution is 0.967. The van der Waals surface area contributed by atoms with Crippen molar-refractivity contribution in [1.29, 1.82) is 0 Å². The molecule has 46 heavy (non-hydrogen) atoms. The highest BCUT2D eigenvalue weighted by molar-refractivity contribution is 6.02. The molecule has 4 aromatic carbocycles. The van der Waals surface area contributed by atoms with Gasteiger partial charge < -0.3 is 0 Å². The van der Waals surface area contributed by atoms with Crippen LogP contribution in [-0.2, 0) is 12.8 Å². The van der Waals surface area contributed by atoms with Crippen molar-refractivity contribution in [2.45, 2.75) is 38.5 Å². The largest absolute Gasteiger partial charge is 0.228 e. The number of rotatable bonds is 5. The zero-order valence-corrected chi connectivity index (χ0v) is 25.8. The molecule has 4 aliphatic carbocycles. The Kier molecular flexibility index (Phi) is 6.59. The van der Waals surface area contributed by atoms with Crippen molar-refractivity contribution in [3.8, 4) is 33.8 Å². The summed E-state index contributed by atoms with van der Waals surface area (Å²) in [5, 5.41) is 2.73. The van der Waals surface area contributed by atoms with Crippen LogP contribution in [0.15, 0.2) is 121 Å². The lowest BCUT2D eigenvalue weighted by Gasteiger charge is -2.20. The van der Waals surface area contributed by atoms with Gasteiger partial charge in [-0.3, -0.25) is 0 Å². The Hall–Kier alpha value is -5.34. The molecule has 0 amide bonds. The molecule has 220 valence electrons. The van der Waals surface area contributed by atoms with Crippen LogP contribution in [0.2, 0.25) is 0 Å². The number of aromatic nitrogens is 2. The Labute approximate surface area is 270 Å². The van der Waals surface area contributed by atoms with E-state index in [0.29, 0.717) is 0 Å². The molecular weight excluding hydrogens is 556 g/mol. The van der Waals surface area contributed by atoms with Gasteiger partial charge in [0.15, 0.2) is 5.82 Å². The second kappa shape index (κ2) is 11.2.